The van der Waals surface area contributed by atoms with Gasteiger partial charge in [0, 0.05) is 17.5 Å². The van der Waals surface area contributed by atoms with Crippen molar-refractivity contribution in [3.63, 3.8) is 0 Å². The molecule has 1 aromatic heterocycles. The van der Waals surface area contributed by atoms with E-state index in [1.807, 2.05) is 31.0 Å². The van der Waals surface area contributed by atoms with Gasteiger partial charge < -0.3 is 5.32 Å². The molecule has 2 aromatic rings. The van der Waals surface area contributed by atoms with Gasteiger partial charge in [0.1, 0.15) is 5.69 Å². The molecule has 1 heterocycles. The lowest BCUT2D eigenvalue weighted by Gasteiger charge is -2.16. The van der Waals surface area contributed by atoms with E-state index in [0.29, 0.717) is 16.4 Å². The first-order chi connectivity index (χ1) is 11.3. The summed E-state index contributed by atoms with van der Waals surface area (Å²) in [6.45, 7) is 4.32. The number of hydrogen-bond donors (Lipinski definition) is 1. The molecule has 1 N–H and O–H groups in total. The summed E-state index contributed by atoms with van der Waals surface area (Å²) < 4.78 is 0.703. The van der Waals surface area contributed by atoms with Crippen molar-refractivity contribution < 1.29 is 9.72 Å². The first-order valence-corrected chi connectivity index (χ1v) is 8.44. The molecular weight excluding hydrogens is 350 g/mol. The summed E-state index contributed by atoms with van der Waals surface area (Å²) >= 11 is 7.35. The number of carbonyl (C=O) groups excluding carboxylic acids is 1. The van der Waals surface area contributed by atoms with E-state index < -0.39 is 4.92 Å². The van der Waals surface area contributed by atoms with Gasteiger partial charge in [-0.15, -0.1) is 11.3 Å². The van der Waals surface area contributed by atoms with E-state index in [2.05, 4.69) is 5.32 Å². The number of thiophene rings is 1. The Labute approximate surface area is 149 Å². The van der Waals surface area contributed by atoms with Crippen molar-refractivity contribution in [2.24, 2.45) is 0 Å². The van der Waals surface area contributed by atoms with Crippen molar-refractivity contribution in [2.45, 2.75) is 20.4 Å². The standard InChI is InChI=1S/C16H18ClN3O3S/c1-10-4-6-13(20(22)23)16(11(10)2)18-15(21)9-19(3)8-12-5-7-14(17)24-12/h4-7H,8-9H2,1-3H3,(H,18,21). The Kier molecular flexibility index (Phi) is 5.93. The summed E-state index contributed by atoms with van der Waals surface area (Å²) in [6, 6.07) is 6.82. The van der Waals surface area contributed by atoms with Crippen molar-refractivity contribution in [2.75, 3.05) is 18.9 Å². The second-order valence-electron chi connectivity index (χ2n) is 5.58. The monoisotopic (exact) mass is 367 g/mol. The highest BCUT2D eigenvalue weighted by Crippen LogP contribution is 2.30. The van der Waals surface area contributed by atoms with Crippen LogP contribution in [0, 0.1) is 24.0 Å². The minimum absolute atomic E-state index is 0.0980. The SMILES string of the molecule is Cc1ccc([N+](=O)[O-])c(NC(=O)CN(C)Cc2ccc(Cl)s2)c1C. The van der Waals surface area contributed by atoms with E-state index in [9.17, 15) is 14.9 Å². The van der Waals surface area contributed by atoms with Crippen LogP contribution in [-0.4, -0.2) is 29.3 Å². The molecule has 0 saturated carbocycles. The molecule has 0 unspecified atom stereocenters. The molecule has 0 bridgehead atoms. The Bertz CT molecular complexity index is 776. The molecule has 0 aliphatic carbocycles. The predicted molar refractivity (Wildman–Crippen MR) is 96.9 cm³/mol. The Hall–Kier alpha value is -1.96. The lowest BCUT2D eigenvalue weighted by Crippen LogP contribution is -2.30. The van der Waals surface area contributed by atoms with Crippen molar-refractivity contribution >= 4 is 40.2 Å². The lowest BCUT2D eigenvalue weighted by atomic mass is 10.1. The third kappa shape index (κ3) is 4.53. The summed E-state index contributed by atoms with van der Waals surface area (Å²) in [7, 11) is 1.81. The molecule has 0 aliphatic rings. The van der Waals surface area contributed by atoms with Crippen LogP contribution in [0.5, 0.6) is 0 Å². The highest BCUT2D eigenvalue weighted by atomic mass is 35.5. The van der Waals surface area contributed by atoms with Gasteiger partial charge in [-0.3, -0.25) is 19.8 Å². The number of aryl methyl sites for hydroxylation is 1. The molecule has 0 aliphatic heterocycles. The maximum Gasteiger partial charge on any atom is 0.293 e. The average Bonchev–Trinajstić information content (AvgIpc) is 2.88. The normalized spacial score (nSPS) is 10.9. The van der Waals surface area contributed by atoms with Crippen molar-refractivity contribution in [3.05, 3.63) is 54.7 Å². The zero-order valence-electron chi connectivity index (χ0n) is 13.6. The Morgan fingerprint density at radius 1 is 1.33 bits per heavy atom. The largest absolute Gasteiger partial charge is 0.319 e. The van der Waals surface area contributed by atoms with Crippen molar-refractivity contribution in [1.29, 1.82) is 0 Å². The topological polar surface area (TPSA) is 75.5 Å². The summed E-state index contributed by atoms with van der Waals surface area (Å²) in [5, 5.41) is 13.8. The number of benzene rings is 1. The van der Waals surface area contributed by atoms with E-state index in [-0.39, 0.29) is 23.8 Å². The summed E-state index contributed by atoms with van der Waals surface area (Å²) in [6.07, 6.45) is 0. The molecule has 2 rings (SSSR count). The van der Waals surface area contributed by atoms with E-state index in [1.54, 1.807) is 13.0 Å². The first kappa shape index (κ1) is 18.4. The van der Waals surface area contributed by atoms with Crippen LogP contribution in [0.25, 0.3) is 0 Å². The molecule has 0 atom stereocenters. The van der Waals surface area contributed by atoms with Gasteiger partial charge >= 0.3 is 0 Å². The van der Waals surface area contributed by atoms with Gasteiger partial charge in [-0.25, -0.2) is 0 Å². The second-order valence-corrected chi connectivity index (χ2v) is 7.38. The molecule has 0 saturated heterocycles. The fraction of sp³-hybridized carbons (Fsp3) is 0.312. The number of nitro groups is 1. The Morgan fingerprint density at radius 2 is 2.04 bits per heavy atom. The highest BCUT2D eigenvalue weighted by Gasteiger charge is 2.20. The van der Waals surface area contributed by atoms with Gasteiger partial charge in [0.2, 0.25) is 5.91 Å². The Morgan fingerprint density at radius 3 is 2.62 bits per heavy atom. The van der Waals surface area contributed by atoms with Gasteiger partial charge in [0.15, 0.2) is 0 Å². The summed E-state index contributed by atoms with van der Waals surface area (Å²) in [4.78, 5) is 25.8. The predicted octanol–water partition coefficient (Wildman–Crippen LogP) is 4.00. The van der Waals surface area contributed by atoms with Crippen LogP contribution in [0.1, 0.15) is 16.0 Å². The van der Waals surface area contributed by atoms with Gasteiger partial charge in [-0.05, 0) is 44.2 Å². The maximum atomic E-state index is 12.3. The number of nitro benzene ring substituents is 1. The number of rotatable bonds is 6. The minimum Gasteiger partial charge on any atom is -0.319 e. The number of nitrogens with one attached hydrogen (secondary N) is 1. The number of nitrogens with zero attached hydrogens (tertiary/aromatic N) is 2. The summed E-state index contributed by atoms with van der Waals surface area (Å²) in [5.74, 6) is -0.294. The highest BCUT2D eigenvalue weighted by molar-refractivity contribution is 7.16. The fourth-order valence-electron chi connectivity index (χ4n) is 2.29. The number of likely N-dealkylation sites (N-methyl/N-ethyl adjacent to an activating group) is 1. The maximum absolute atomic E-state index is 12.3. The van der Waals surface area contributed by atoms with Crippen LogP contribution in [0.2, 0.25) is 4.34 Å². The van der Waals surface area contributed by atoms with Gasteiger partial charge in [0.25, 0.3) is 5.69 Å². The molecule has 128 valence electrons. The molecule has 0 fully saturated rings. The molecule has 1 amide bonds. The van der Waals surface area contributed by atoms with Crippen LogP contribution < -0.4 is 5.32 Å². The van der Waals surface area contributed by atoms with E-state index in [0.717, 1.165) is 10.4 Å². The zero-order valence-corrected chi connectivity index (χ0v) is 15.2. The molecule has 0 spiro atoms. The first-order valence-electron chi connectivity index (χ1n) is 7.25. The van der Waals surface area contributed by atoms with E-state index in [4.69, 9.17) is 11.6 Å². The lowest BCUT2D eigenvalue weighted by molar-refractivity contribution is -0.384. The van der Waals surface area contributed by atoms with Crippen LogP contribution in [-0.2, 0) is 11.3 Å². The van der Waals surface area contributed by atoms with Crippen LogP contribution >= 0.6 is 22.9 Å². The number of hydrogen-bond acceptors (Lipinski definition) is 5. The van der Waals surface area contributed by atoms with Gasteiger partial charge in [0.05, 0.1) is 15.8 Å². The quantitative estimate of drug-likeness (QED) is 0.618. The fourth-order valence-corrected chi connectivity index (χ4v) is 3.46. The third-order valence-corrected chi connectivity index (χ3v) is 4.86. The third-order valence-electron chi connectivity index (χ3n) is 3.64. The molecule has 6 nitrogen and oxygen atoms in total. The van der Waals surface area contributed by atoms with E-state index >= 15 is 0 Å². The number of anilines is 1. The number of carbonyl (C=O) groups is 1. The molecule has 1 aromatic carbocycles. The smallest absolute Gasteiger partial charge is 0.293 e. The van der Waals surface area contributed by atoms with Gasteiger partial charge in [-0.2, -0.15) is 0 Å². The van der Waals surface area contributed by atoms with Crippen LogP contribution in [0.15, 0.2) is 24.3 Å². The molecule has 8 heteroatoms. The van der Waals surface area contributed by atoms with Crippen LogP contribution in [0.3, 0.4) is 0 Å². The zero-order chi connectivity index (χ0) is 17.9. The van der Waals surface area contributed by atoms with E-state index in [1.165, 1.54) is 17.4 Å². The van der Waals surface area contributed by atoms with Crippen LogP contribution in [0.4, 0.5) is 11.4 Å². The second kappa shape index (κ2) is 7.74. The summed E-state index contributed by atoms with van der Waals surface area (Å²) in [5.41, 5.74) is 1.75. The molecule has 0 radical (unpaired) electrons. The minimum atomic E-state index is -0.487. The number of amides is 1. The molecular formula is C16H18ClN3O3S. The molecule has 24 heavy (non-hydrogen) atoms. The average molecular weight is 368 g/mol. The van der Waals surface area contributed by atoms with Gasteiger partial charge in [-0.1, -0.05) is 17.7 Å². The Balaban J connectivity index is 2.06. The van der Waals surface area contributed by atoms with Crippen molar-refractivity contribution in [1.82, 2.24) is 4.90 Å². The number of halogens is 1. The van der Waals surface area contributed by atoms with Crippen molar-refractivity contribution in [3.8, 4) is 0 Å².